The predicted molar refractivity (Wildman–Crippen MR) is 40.7 cm³/mol. The molecule has 0 aliphatic carbocycles. The van der Waals surface area contributed by atoms with Crippen molar-refractivity contribution < 1.29 is 17.4 Å². The topological polar surface area (TPSA) is 9.23 Å². The molecule has 0 aromatic heterocycles. The van der Waals surface area contributed by atoms with Crippen LogP contribution < -0.4 is 4.74 Å². The van der Waals surface area contributed by atoms with Gasteiger partial charge in [-0.25, -0.2) is 4.39 Å². The highest BCUT2D eigenvalue weighted by Gasteiger charge is 1.98. The van der Waals surface area contributed by atoms with Crippen LogP contribution in [0.2, 0.25) is 0 Å². The standard InChI is InChI=1S/C7H6BrFO/c1-10-5-2-3-7(9)6(8)4-5/h2-4H,1H3/i1D3,2D,3D,4D. The van der Waals surface area contributed by atoms with E-state index in [9.17, 15) is 4.39 Å². The molecule has 0 atom stereocenters. The molecule has 1 aromatic carbocycles. The van der Waals surface area contributed by atoms with E-state index < -0.39 is 41.2 Å². The highest BCUT2D eigenvalue weighted by atomic mass is 79.9. The molecule has 0 fully saturated rings. The Balaban J connectivity index is 3.40. The van der Waals surface area contributed by atoms with Crippen LogP contribution in [0.3, 0.4) is 0 Å². The first kappa shape index (κ1) is 2.81. The van der Waals surface area contributed by atoms with E-state index in [0.717, 1.165) is 0 Å². The van der Waals surface area contributed by atoms with Gasteiger partial charge in [0, 0.05) is 0 Å². The number of hydrogen-bond acceptors (Lipinski definition) is 1. The van der Waals surface area contributed by atoms with Gasteiger partial charge in [0.15, 0.2) is 0 Å². The summed E-state index contributed by atoms with van der Waals surface area (Å²) < 4.78 is 59.6. The average molecular weight is 211 g/mol. The molecule has 0 N–H and O–H groups in total. The molecule has 10 heavy (non-hydrogen) atoms. The highest BCUT2D eigenvalue weighted by molar-refractivity contribution is 9.10. The number of rotatable bonds is 1. The maximum absolute atomic E-state index is 13.2. The first-order valence-electron chi connectivity index (χ1n) is 5.29. The molecule has 3 heteroatoms. The van der Waals surface area contributed by atoms with Crippen LogP contribution >= 0.6 is 15.9 Å². The van der Waals surface area contributed by atoms with E-state index in [0.29, 0.717) is 0 Å². The van der Waals surface area contributed by atoms with Gasteiger partial charge in [0.05, 0.1) is 19.7 Å². The zero-order chi connectivity index (χ0) is 12.7. The van der Waals surface area contributed by atoms with Gasteiger partial charge in [0.1, 0.15) is 11.6 Å². The molecule has 0 aliphatic heterocycles. The minimum atomic E-state index is -2.85. The van der Waals surface area contributed by atoms with Gasteiger partial charge in [-0.05, 0) is 34.1 Å². The third-order valence-corrected chi connectivity index (χ3v) is 1.35. The van der Waals surface area contributed by atoms with Crippen molar-refractivity contribution in [2.75, 3.05) is 7.04 Å². The summed E-state index contributed by atoms with van der Waals surface area (Å²) in [6, 6.07) is -2.18. The van der Waals surface area contributed by atoms with E-state index in [1.54, 1.807) is 0 Å². The molecule has 0 heterocycles. The largest absolute Gasteiger partial charge is 0.497 e. The van der Waals surface area contributed by atoms with E-state index in [4.69, 9.17) is 8.22 Å². The molecule has 0 saturated heterocycles. The molecular weight excluding hydrogens is 199 g/mol. The van der Waals surface area contributed by atoms with Crippen LogP contribution in [0.5, 0.6) is 5.75 Å². The Hall–Kier alpha value is -0.570. The quantitative estimate of drug-likeness (QED) is 0.693. The van der Waals surface area contributed by atoms with Crippen LogP contribution in [0, 0.1) is 5.82 Å². The summed E-state index contributed by atoms with van der Waals surface area (Å²) in [7, 11) is -2.85. The van der Waals surface area contributed by atoms with Gasteiger partial charge >= 0.3 is 0 Å². The lowest BCUT2D eigenvalue weighted by atomic mass is 10.3. The maximum atomic E-state index is 13.2. The highest BCUT2D eigenvalue weighted by Crippen LogP contribution is 2.20. The number of ether oxygens (including phenoxy) is 1. The minimum absolute atomic E-state index is 0.396. The van der Waals surface area contributed by atoms with Gasteiger partial charge in [-0.3, -0.25) is 0 Å². The van der Waals surface area contributed by atoms with Gasteiger partial charge in [0.25, 0.3) is 0 Å². The van der Waals surface area contributed by atoms with Crippen molar-refractivity contribution in [1.82, 2.24) is 0 Å². The van der Waals surface area contributed by atoms with Crippen molar-refractivity contribution in [2.45, 2.75) is 0 Å². The molecule has 0 saturated carbocycles. The Kier molecular flexibility index (Phi) is 0.848. The predicted octanol–water partition coefficient (Wildman–Crippen LogP) is 2.60. The molecule has 54 valence electrons. The Morgan fingerprint density at radius 3 is 3.30 bits per heavy atom. The average Bonchev–Trinajstić information content (AvgIpc) is 2.17. The fourth-order valence-electron chi connectivity index (χ4n) is 0.403. The number of methoxy groups -OCH3 is 1. The number of hydrogen-bond donors (Lipinski definition) is 0. The second-order valence-electron chi connectivity index (χ2n) is 1.43. The summed E-state index contributed by atoms with van der Waals surface area (Å²) in [5.74, 6) is -1.73. The van der Waals surface area contributed by atoms with Crippen molar-refractivity contribution >= 4 is 15.9 Å². The normalized spacial score (nSPS) is 19.4. The molecule has 1 aromatic rings. The number of halogens is 2. The van der Waals surface area contributed by atoms with Gasteiger partial charge < -0.3 is 4.74 Å². The second kappa shape index (κ2) is 3.01. The molecular formula is C7H6BrFO. The summed E-state index contributed by atoms with van der Waals surface area (Å²) in [6.07, 6.45) is 0. The van der Waals surface area contributed by atoms with Crippen LogP contribution in [0.4, 0.5) is 4.39 Å². The molecule has 0 bridgehead atoms. The maximum Gasteiger partial charge on any atom is 0.137 e. The Morgan fingerprint density at radius 2 is 2.60 bits per heavy atom. The van der Waals surface area contributed by atoms with Crippen molar-refractivity contribution in [3.8, 4) is 5.75 Å². The molecule has 0 spiro atoms. The van der Waals surface area contributed by atoms with Gasteiger partial charge in [-0.15, -0.1) is 0 Å². The summed E-state index contributed by atoms with van der Waals surface area (Å²) in [5.41, 5.74) is 0. The first-order valence-corrected chi connectivity index (χ1v) is 3.08. The summed E-state index contributed by atoms with van der Waals surface area (Å²) in [5, 5.41) is 0. The molecule has 1 rings (SSSR count). The zero-order valence-electron chi connectivity index (χ0n) is 10.7. The van der Waals surface area contributed by atoms with E-state index in [1.165, 1.54) is 0 Å². The monoisotopic (exact) mass is 210 g/mol. The molecule has 0 unspecified atom stereocenters. The van der Waals surface area contributed by atoms with E-state index in [-0.39, 0.29) is 0 Å². The third kappa shape index (κ3) is 1.48. The summed E-state index contributed by atoms with van der Waals surface area (Å²) in [6.45, 7) is 0. The third-order valence-electron chi connectivity index (χ3n) is 0.804. The summed E-state index contributed by atoms with van der Waals surface area (Å²) >= 11 is 2.69. The van der Waals surface area contributed by atoms with Crippen molar-refractivity contribution in [1.29, 1.82) is 0 Å². The van der Waals surface area contributed by atoms with Crippen LogP contribution in [0.1, 0.15) is 8.22 Å². The van der Waals surface area contributed by atoms with Crippen LogP contribution in [0.15, 0.2) is 22.6 Å². The second-order valence-corrected chi connectivity index (χ2v) is 2.23. The van der Waals surface area contributed by atoms with Gasteiger partial charge in [-0.1, -0.05) is 0 Å². The minimum Gasteiger partial charge on any atom is -0.497 e. The smallest absolute Gasteiger partial charge is 0.137 e. The fraction of sp³-hybridized carbons (Fsp3) is 0.143. The molecule has 1 nitrogen and oxygen atoms in total. The molecule has 0 amide bonds. The fourth-order valence-corrected chi connectivity index (χ4v) is 0.683. The SMILES string of the molecule is [2H]c1c([2H])c(OC([2H])([2H])[2H])c([2H])c(Br)c1F. The van der Waals surface area contributed by atoms with Gasteiger partial charge in [0.2, 0.25) is 0 Å². The lowest BCUT2D eigenvalue weighted by molar-refractivity contribution is 0.413. The van der Waals surface area contributed by atoms with Gasteiger partial charge in [-0.2, -0.15) is 0 Å². The van der Waals surface area contributed by atoms with E-state index in [2.05, 4.69) is 20.7 Å². The van der Waals surface area contributed by atoms with Crippen LogP contribution in [0.25, 0.3) is 0 Å². The zero-order valence-corrected chi connectivity index (χ0v) is 6.25. The Bertz CT molecular complexity index is 403. The van der Waals surface area contributed by atoms with Crippen LogP contribution in [-0.4, -0.2) is 7.04 Å². The lowest BCUT2D eigenvalue weighted by Gasteiger charge is -1.99. The Labute approximate surface area is 75.4 Å². The summed E-state index contributed by atoms with van der Waals surface area (Å²) in [4.78, 5) is 0. The van der Waals surface area contributed by atoms with Crippen LogP contribution in [-0.2, 0) is 0 Å². The van der Waals surface area contributed by atoms with Crippen molar-refractivity contribution in [3.05, 3.63) is 28.4 Å². The first-order chi connectivity index (χ1) is 7.15. The number of benzene rings is 1. The lowest BCUT2D eigenvalue weighted by Crippen LogP contribution is -1.83. The molecule has 0 aliphatic rings. The van der Waals surface area contributed by atoms with Crippen molar-refractivity contribution in [3.63, 3.8) is 0 Å². The molecule has 0 radical (unpaired) electrons. The van der Waals surface area contributed by atoms with Crippen molar-refractivity contribution in [2.24, 2.45) is 0 Å². The van der Waals surface area contributed by atoms with E-state index in [1.807, 2.05) is 0 Å². The van der Waals surface area contributed by atoms with E-state index >= 15 is 0 Å². The Morgan fingerprint density at radius 1 is 1.80 bits per heavy atom.